The summed E-state index contributed by atoms with van der Waals surface area (Å²) >= 11 is 2.02. The molecule has 2 N–H and O–H groups in total. The number of amides is 1. The van der Waals surface area contributed by atoms with Crippen LogP contribution in [-0.4, -0.2) is 23.2 Å². The van der Waals surface area contributed by atoms with Crippen LogP contribution in [0.4, 0.5) is 4.79 Å². The number of halogens is 1. The molecule has 0 aliphatic rings. The van der Waals surface area contributed by atoms with Crippen molar-refractivity contribution in [2.24, 2.45) is 0 Å². The number of rotatable bonds is 3. The normalized spacial score (nSPS) is 12.9. The van der Waals surface area contributed by atoms with Gasteiger partial charge in [-0.05, 0) is 55.0 Å². The molecule has 0 aliphatic heterocycles. The third kappa shape index (κ3) is 4.46. The number of pyridine rings is 1. The van der Waals surface area contributed by atoms with Gasteiger partial charge in [0.05, 0.1) is 9.09 Å². The molecule has 124 valence electrons. The van der Waals surface area contributed by atoms with Crippen molar-refractivity contribution in [2.75, 3.05) is 6.54 Å². The molecule has 0 saturated heterocycles. The molecule has 6 heteroatoms. The number of ether oxygens (including phenoxy) is 1. The summed E-state index contributed by atoms with van der Waals surface area (Å²) in [5.41, 5.74) is 1.31. The van der Waals surface area contributed by atoms with E-state index in [2.05, 4.69) is 10.3 Å². The van der Waals surface area contributed by atoms with Crippen LogP contribution in [0, 0.1) is 3.57 Å². The minimum atomic E-state index is -0.519. The van der Waals surface area contributed by atoms with Crippen molar-refractivity contribution in [2.45, 2.75) is 39.2 Å². The quantitative estimate of drug-likeness (QED) is 0.732. The van der Waals surface area contributed by atoms with Gasteiger partial charge in [0.25, 0.3) is 0 Å². The van der Waals surface area contributed by atoms with Crippen LogP contribution in [0.5, 0.6) is 0 Å². The molecule has 1 amide bonds. The summed E-state index contributed by atoms with van der Waals surface area (Å²) < 4.78 is 5.90. The monoisotopic (exact) mass is 428 g/mol. The number of benzene rings is 1. The van der Waals surface area contributed by atoms with E-state index >= 15 is 0 Å². The Bertz CT molecular complexity index is 777. The van der Waals surface area contributed by atoms with Crippen molar-refractivity contribution < 1.29 is 9.53 Å². The molecule has 0 fully saturated rings. The Morgan fingerprint density at radius 3 is 2.74 bits per heavy atom. The number of H-pyrrole nitrogens is 1. The Balaban J connectivity index is 2.19. The van der Waals surface area contributed by atoms with Crippen LogP contribution in [0.3, 0.4) is 0 Å². The number of hydrogen-bond acceptors (Lipinski definition) is 3. The second-order valence-corrected chi connectivity index (χ2v) is 7.68. The first-order valence-corrected chi connectivity index (χ1v) is 8.53. The third-order valence-electron chi connectivity index (χ3n) is 3.38. The average molecular weight is 428 g/mol. The van der Waals surface area contributed by atoms with Crippen LogP contribution in [0.15, 0.2) is 29.2 Å². The number of hydrogen-bond donors (Lipinski definition) is 2. The molecule has 23 heavy (non-hydrogen) atoms. The fourth-order valence-electron chi connectivity index (χ4n) is 2.32. The minimum absolute atomic E-state index is 0.0218. The number of alkyl carbamates (subject to hydrolysis) is 1. The maximum Gasteiger partial charge on any atom is 0.407 e. The molecule has 2 rings (SSSR count). The summed E-state index contributed by atoms with van der Waals surface area (Å²) in [7, 11) is 0. The molecule has 1 atom stereocenters. The third-order valence-corrected chi connectivity index (χ3v) is 4.19. The lowest BCUT2D eigenvalue weighted by atomic mass is 9.98. The van der Waals surface area contributed by atoms with E-state index in [0.717, 1.165) is 11.1 Å². The first-order valence-electron chi connectivity index (χ1n) is 7.45. The predicted octanol–water partition coefficient (Wildman–Crippen LogP) is 3.76. The summed E-state index contributed by atoms with van der Waals surface area (Å²) in [6.07, 6.45) is 1.27. The zero-order chi connectivity index (χ0) is 17.2. The molecule has 0 aliphatic carbocycles. The first-order chi connectivity index (χ1) is 10.7. The van der Waals surface area contributed by atoms with Crippen molar-refractivity contribution in [1.29, 1.82) is 0 Å². The molecule has 5 nitrogen and oxygen atoms in total. The van der Waals surface area contributed by atoms with E-state index in [9.17, 15) is 9.59 Å². The molecule has 2 aromatic rings. The number of carbonyl (C=O) groups excluding carboxylic acids is 1. The van der Waals surface area contributed by atoms with E-state index in [1.54, 1.807) is 6.20 Å². The van der Waals surface area contributed by atoms with E-state index in [-0.39, 0.29) is 11.3 Å². The summed E-state index contributed by atoms with van der Waals surface area (Å²) in [5, 5.41) is 3.44. The summed E-state index contributed by atoms with van der Waals surface area (Å²) in [4.78, 5) is 27.2. The Morgan fingerprint density at radius 1 is 1.39 bits per heavy atom. The van der Waals surface area contributed by atoms with Gasteiger partial charge in [-0.1, -0.05) is 19.1 Å². The van der Waals surface area contributed by atoms with Crippen LogP contribution in [0.25, 0.3) is 10.9 Å². The van der Waals surface area contributed by atoms with Crippen molar-refractivity contribution in [3.05, 3.63) is 43.8 Å². The van der Waals surface area contributed by atoms with Crippen molar-refractivity contribution in [3.63, 3.8) is 0 Å². The Morgan fingerprint density at radius 2 is 2.09 bits per heavy atom. The average Bonchev–Trinajstić information content (AvgIpc) is 2.46. The molecule has 0 radical (unpaired) electrons. The number of aromatic amines is 1. The van der Waals surface area contributed by atoms with Gasteiger partial charge in [0.15, 0.2) is 0 Å². The highest BCUT2D eigenvalue weighted by Gasteiger charge is 2.18. The zero-order valence-electron chi connectivity index (χ0n) is 13.7. The molecular weight excluding hydrogens is 407 g/mol. The Hall–Kier alpha value is -1.57. The number of fused-ring (bicyclic) bond motifs is 1. The van der Waals surface area contributed by atoms with Crippen molar-refractivity contribution in [1.82, 2.24) is 10.3 Å². The van der Waals surface area contributed by atoms with E-state index in [0.29, 0.717) is 15.5 Å². The maximum atomic E-state index is 12.2. The number of nitrogens with one attached hydrogen (secondary N) is 2. The van der Waals surface area contributed by atoms with Crippen LogP contribution >= 0.6 is 22.6 Å². The number of carbonyl (C=O) groups is 1. The van der Waals surface area contributed by atoms with Gasteiger partial charge in [-0.3, -0.25) is 4.79 Å². The SMILES string of the molecule is CC(CNC(=O)OC(C)(C)C)c1cccc2c(=O)c(I)c[nH]c12. The van der Waals surface area contributed by atoms with Gasteiger partial charge in [-0.15, -0.1) is 0 Å². The molecule has 1 aromatic carbocycles. The minimum Gasteiger partial charge on any atom is -0.444 e. The van der Waals surface area contributed by atoms with Gasteiger partial charge >= 0.3 is 6.09 Å². The van der Waals surface area contributed by atoms with Gasteiger partial charge in [-0.2, -0.15) is 0 Å². The van der Waals surface area contributed by atoms with Crippen LogP contribution in [0.2, 0.25) is 0 Å². The van der Waals surface area contributed by atoms with Gasteiger partial charge < -0.3 is 15.0 Å². The zero-order valence-corrected chi connectivity index (χ0v) is 15.9. The number of para-hydroxylation sites is 1. The topological polar surface area (TPSA) is 71.2 Å². The summed E-state index contributed by atoms with van der Waals surface area (Å²) in [5.74, 6) is 0.0435. The second-order valence-electron chi connectivity index (χ2n) is 6.52. The molecule has 0 bridgehead atoms. The van der Waals surface area contributed by atoms with Gasteiger partial charge in [0, 0.05) is 24.0 Å². The lowest BCUT2D eigenvalue weighted by molar-refractivity contribution is 0.0525. The fraction of sp³-hybridized carbons (Fsp3) is 0.412. The maximum absolute atomic E-state index is 12.2. The highest BCUT2D eigenvalue weighted by Crippen LogP contribution is 2.22. The summed E-state index contributed by atoms with van der Waals surface area (Å²) in [6.45, 7) is 7.91. The highest BCUT2D eigenvalue weighted by atomic mass is 127. The van der Waals surface area contributed by atoms with Crippen LogP contribution in [-0.2, 0) is 4.74 Å². The van der Waals surface area contributed by atoms with Gasteiger partial charge in [0.1, 0.15) is 5.60 Å². The molecule has 0 spiro atoms. The van der Waals surface area contributed by atoms with Crippen molar-refractivity contribution >= 4 is 39.6 Å². The van der Waals surface area contributed by atoms with E-state index in [4.69, 9.17) is 4.74 Å². The number of aromatic nitrogens is 1. The fourth-order valence-corrected chi connectivity index (χ4v) is 2.77. The smallest absolute Gasteiger partial charge is 0.407 e. The second kappa shape index (κ2) is 6.90. The molecule has 1 unspecified atom stereocenters. The largest absolute Gasteiger partial charge is 0.444 e. The lowest BCUT2D eigenvalue weighted by Crippen LogP contribution is -2.34. The molecule has 1 heterocycles. The molecular formula is C17H21IN2O3. The van der Waals surface area contributed by atoms with Crippen molar-refractivity contribution in [3.8, 4) is 0 Å². The van der Waals surface area contributed by atoms with Crippen LogP contribution < -0.4 is 10.7 Å². The molecule has 1 aromatic heterocycles. The standard InChI is InChI=1S/C17H21IN2O3/c1-10(8-20-16(22)23-17(2,3)4)11-6-5-7-12-14(11)19-9-13(18)15(12)21/h5-7,9-10H,8H2,1-4H3,(H,19,21)(H,20,22). The Kier molecular flexibility index (Phi) is 5.33. The highest BCUT2D eigenvalue weighted by molar-refractivity contribution is 14.1. The van der Waals surface area contributed by atoms with E-state index in [1.807, 2.05) is 68.5 Å². The van der Waals surface area contributed by atoms with Gasteiger partial charge in [0.2, 0.25) is 5.43 Å². The van der Waals surface area contributed by atoms with Crippen LogP contribution in [0.1, 0.15) is 39.2 Å². The Labute approximate surface area is 149 Å². The summed E-state index contributed by atoms with van der Waals surface area (Å²) in [6, 6.07) is 5.65. The predicted molar refractivity (Wildman–Crippen MR) is 99.9 cm³/mol. The molecule has 0 saturated carbocycles. The van der Waals surface area contributed by atoms with E-state index < -0.39 is 11.7 Å². The first kappa shape index (κ1) is 17.8. The van der Waals surface area contributed by atoms with E-state index in [1.165, 1.54) is 0 Å². The van der Waals surface area contributed by atoms with Gasteiger partial charge in [-0.25, -0.2) is 4.79 Å². The lowest BCUT2D eigenvalue weighted by Gasteiger charge is -2.21.